The number of carbonyl (C=O) groups excluding carboxylic acids is 1. The van der Waals surface area contributed by atoms with Crippen LogP contribution in [-0.2, 0) is 14.6 Å². The van der Waals surface area contributed by atoms with Gasteiger partial charge >= 0.3 is 0 Å². The zero-order valence-corrected chi connectivity index (χ0v) is 24.3. The molecule has 3 heterocycles. The number of hydrogen-bond donors (Lipinski definition) is 0. The van der Waals surface area contributed by atoms with Gasteiger partial charge in [-0.15, -0.1) is 11.3 Å². The molecule has 3 aliphatic rings. The smallest absolute Gasteiger partial charge is 0.188 e. The second-order valence-corrected chi connectivity index (χ2v) is 14.8. The van der Waals surface area contributed by atoms with Crippen molar-refractivity contribution in [3.8, 4) is 27.3 Å². The van der Waals surface area contributed by atoms with E-state index in [0.717, 1.165) is 70.9 Å². The highest BCUT2D eigenvalue weighted by Crippen LogP contribution is 2.51. The van der Waals surface area contributed by atoms with Gasteiger partial charge in [0.25, 0.3) is 0 Å². The van der Waals surface area contributed by atoms with Crippen molar-refractivity contribution in [2.45, 2.75) is 57.8 Å². The Morgan fingerprint density at radius 1 is 1.10 bits per heavy atom. The Morgan fingerprint density at radius 2 is 1.77 bits per heavy atom. The monoisotopic (exact) mass is 575 g/mol. The number of anilines is 1. The lowest BCUT2D eigenvalue weighted by Crippen LogP contribution is -2.40. The molecular weight excluding hydrogens is 542 g/mol. The van der Waals surface area contributed by atoms with E-state index in [9.17, 15) is 18.5 Å². The van der Waals surface area contributed by atoms with Crippen LogP contribution in [0.15, 0.2) is 36.7 Å². The van der Waals surface area contributed by atoms with E-state index in [-0.39, 0.29) is 29.1 Å². The molecule has 0 bridgehead atoms. The lowest BCUT2D eigenvalue weighted by atomic mass is 9.73. The average molecular weight is 576 g/mol. The van der Waals surface area contributed by atoms with Crippen molar-refractivity contribution in [2.24, 2.45) is 11.3 Å². The summed E-state index contributed by atoms with van der Waals surface area (Å²) in [4.78, 5) is 30.9. The number of nitriles is 1. The fraction of sp³-hybridized carbons (Fsp3) is 0.500. The molecule has 2 saturated carbocycles. The number of carbonyl (C=O) groups is 1. The summed E-state index contributed by atoms with van der Waals surface area (Å²) in [5, 5.41) is 10.3. The van der Waals surface area contributed by atoms with Crippen LogP contribution in [-0.4, -0.2) is 53.7 Å². The number of Topliss-reactive ketones (excluding diaryl/α,β-unsaturated/α-hetero) is 1. The van der Waals surface area contributed by atoms with E-state index in [0.29, 0.717) is 25.3 Å². The molecule has 0 spiro atoms. The topological polar surface area (TPSA) is 117 Å². The van der Waals surface area contributed by atoms with Crippen molar-refractivity contribution in [2.75, 3.05) is 29.5 Å². The van der Waals surface area contributed by atoms with E-state index in [1.165, 1.54) is 0 Å². The highest BCUT2D eigenvalue weighted by Gasteiger charge is 2.47. The minimum absolute atomic E-state index is 0.00633. The fourth-order valence-electron chi connectivity index (χ4n) is 5.97. The van der Waals surface area contributed by atoms with Crippen LogP contribution in [0.5, 0.6) is 0 Å². The number of rotatable bonds is 7. The van der Waals surface area contributed by atoms with Crippen LogP contribution in [0, 0.1) is 29.6 Å². The van der Waals surface area contributed by atoms with Gasteiger partial charge in [0.1, 0.15) is 5.78 Å². The Morgan fingerprint density at radius 3 is 2.42 bits per heavy atom. The van der Waals surface area contributed by atoms with Crippen molar-refractivity contribution < 1.29 is 13.2 Å². The van der Waals surface area contributed by atoms with E-state index in [1.807, 2.05) is 19.1 Å². The molecule has 0 unspecified atom stereocenters. The quantitative estimate of drug-likeness (QED) is 0.370. The molecule has 3 fully saturated rings. The highest BCUT2D eigenvalue weighted by atomic mass is 32.2. The zero-order valence-electron chi connectivity index (χ0n) is 22.7. The van der Waals surface area contributed by atoms with E-state index in [4.69, 9.17) is 4.98 Å². The van der Waals surface area contributed by atoms with Gasteiger partial charge in [0.05, 0.1) is 33.6 Å². The first-order valence-electron chi connectivity index (χ1n) is 14.1. The number of benzene rings is 1. The Kier molecular flexibility index (Phi) is 7.21. The predicted molar refractivity (Wildman–Crippen MR) is 156 cm³/mol. The van der Waals surface area contributed by atoms with Crippen molar-refractivity contribution in [1.29, 1.82) is 5.26 Å². The first kappa shape index (κ1) is 27.0. The highest BCUT2D eigenvalue weighted by molar-refractivity contribution is 7.91. The third-order valence-electron chi connectivity index (χ3n) is 8.60. The Hall–Kier alpha value is -3.16. The summed E-state index contributed by atoms with van der Waals surface area (Å²) in [6.45, 7) is 2.95. The lowest BCUT2D eigenvalue weighted by molar-refractivity contribution is -0.125. The van der Waals surface area contributed by atoms with Gasteiger partial charge in [0.15, 0.2) is 20.7 Å². The largest absolute Gasteiger partial charge is 0.369 e. The molecule has 2 aromatic heterocycles. The maximum atomic E-state index is 13.6. The molecular formula is C30H33N5O3S2. The third kappa shape index (κ3) is 5.54. The van der Waals surface area contributed by atoms with Crippen molar-refractivity contribution in [1.82, 2.24) is 15.0 Å². The van der Waals surface area contributed by atoms with Crippen LogP contribution >= 0.6 is 11.3 Å². The number of hydrogen-bond acceptors (Lipinski definition) is 9. The molecule has 2 atom stereocenters. The van der Waals surface area contributed by atoms with Crippen molar-refractivity contribution in [3.63, 3.8) is 0 Å². The lowest BCUT2D eigenvalue weighted by Gasteiger charge is -2.31. The first-order chi connectivity index (χ1) is 19.3. The molecule has 1 aliphatic heterocycles. The number of ketones is 1. The molecule has 40 heavy (non-hydrogen) atoms. The van der Waals surface area contributed by atoms with Crippen LogP contribution in [0.4, 0.5) is 5.69 Å². The van der Waals surface area contributed by atoms with Crippen molar-refractivity contribution in [3.05, 3.63) is 47.9 Å². The van der Waals surface area contributed by atoms with E-state index in [1.54, 1.807) is 23.7 Å². The van der Waals surface area contributed by atoms with Gasteiger partial charge < -0.3 is 4.90 Å². The molecule has 1 saturated heterocycles. The molecule has 0 N–H and O–H groups in total. The predicted octanol–water partition coefficient (Wildman–Crippen LogP) is 5.35. The summed E-state index contributed by atoms with van der Waals surface area (Å²) >= 11 is 1.56. The maximum Gasteiger partial charge on any atom is 0.188 e. The van der Waals surface area contributed by atoms with Crippen LogP contribution in [0.25, 0.3) is 21.3 Å². The first-order valence-corrected chi connectivity index (χ1v) is 16.7. The van der Waals surface area contributed by atoms with Crippen molar-refractivity contribution >= 4 is 32.6 Å². The second kappa shape index (κ2) is 10.7. The number of aromatic nitrogens is 3. The molecule has 3 aromatic rings. The second-order valence-electron chi connectivity index (χ2n) is 11.5. The molecule has 8 nitrogen and oxygen atoms in total. The number of thiazole rings is 1. The number of nitrogens with zero attached hydrogens (tertiary/aromatic N) is 5. The van der Waals surface area contributed by atoms with Gasteiger partial charge in [0.2, 0.25) is 0 Å². The van der Waals surface area contributed by atoms with Gasteiger partial charge in [-0.3, -0.25) is 4.79 Å². The zero-order chi connectivity index (χ0) is 27.9. The Bertz CT molecular complexity index is 1540. The van der Waals surface area contributed by atoms with Crippen LogP contribution in [0.1, 0.15) is 62.1 Å². The van der Waals surface area contributed by atoms with Gasteiger partial charge in [-0.25, -0.2) is 23.4 Å². The van der Waals surface area contributed by atoms with Gasteiger partial charge in [-0.05, 0) is 55.9 Å². The third-order valence-corrected chi connectivity index (χ3v) is 11.3. The van der Waals surface area contributed by atoms with E-state index < -0.39 is 15.3 Å². The normalized spacial score (nSPS) is 23.4. The van der Waals surface area contributed by atoms with E-state index in [2.05, 4.69) is 33.1 Å². The summed E-state index contributed by atoms with van der Waals surface area (Å²) in [5.41, 5.74) is 3.48. The Balaban J connectivity index is 1.35. The SMILES string of the molecule is Cc1cnc(-c2nc([C@@H]3CCCC[C@H]3C(=O)CC3(C#N)CC3)c(-c3ccc(N4CCS(=O)(=O)CC4)cc3)s2)nc1. The molecule has 0 radical (unpaired) electrons. The van der Waals surface area contributed by atoms with Crippen LogP contribution in [0.3, 0.4) is 0 Å². The summed E-state index contributed by atoms with van der Waals surface area (Å²) in [7, 11) is -2.95. The average Bonchev–Trinajstić information content (AvgIpc) is 3.60. The maximum absolute atomic E-state index is 13.6. The van der Waals surface area contributed by atoms with Gasteiger partial charge in [-0.2, -0.15) is 5.26 Å². The molecule has 2 aliphatic carbocycles. The molecule has 6 rings (SSSR count). The minimum atomic E-state index is -2.95. The standard InChI is InChI=1S/C30H33N5O3S2/c1-20-17-32-28(33-18-20)29-34-26(24-5-3-2-4-23(24)25(36)16-30(19-31)10-11-30)27(39-29)21-6-8-22(9-7-21)35-12-14-40(37,38)15-13-35/h6-9,17-18,23-24H,2-5,10-16H2,1H3/t23-,24-/m1/s1. The van der Waals surface area contributed by atoms with Gasteiger partial charge in [-0.1, -0.05) is 25.0 Å². The van der Waals surface area contributed by atoms with Crippen LogP contribution < -0.4 is 4.90 Å². The Labute approximate surface area is 239 Å². The fourth-order valence-corrected chi connectivity index (χ4v) is 8.26. The molecule has 208 valence electrons. The minimum Gasteiger partial charge on any atom is -0.369 e. The molecule has 1 aromatic carbocycles. The number of sulfone groups is 1. The van der Waals surface area contributed by atoms with Gasteiger partial charge in [0, 0.05) is 49.4 Å². The molecule has 10 heteroatoms. The summed E-state index contributed by atoms with van der Waals surface area (Å²) in [6.07, 6.45) is 9.34. The summed E-state index contributed by atoms with van der Waals surface area (Å²) in [6, 6.07) is 10.6. The van der Waals surface area contributed by atoms with E-state index >= 15 is 0 Å². The van der Waals surface area contributed by atoms with Crippen LogP contribution in [0.2, 0.25) is 0 Å². The summed E-state index contributed by atoms with van der Waals surface area (Å²) < 4.78 is 23.8. The number of aryl methyl sites for hydroxylation is 1. The molecule has 0 amide bonds. The summed E-state index contributed by atoms with van der Waals surface area (Å²) in [5.74, 6) is 0.992.